The maximum absolute atomic E-state index is 10.7. The number of aromatic nitrogens is 3. The minimum atomic E-state index is -0.447. The summed E-state index contributed by atoms with van der Waals surface area (Å²) in [7, 11) is 1.84. The van der Waals surface area contributed by atoms with Crippen molar-refractivity contribution in [3.05, 3.63) is 39.7 Å². The zero-order chi connectivity index (χ0) is 13.3. The van der Waals surface area contributed by atoms with Crippen molar-refractivity contribution in [2.45, 2.75) is 13.8 Å². The van der Waals surface area contributed by atoms with Gasteiger partial charge in [0, 0.05) is 24.9 Å². The third kappa shape index (κ3) is 2.29. The van der Waals surface area contributed by atoms with Gasteiger partial charge in [0.05, 0.1) is 4.92 Å². The van der Waals surface area contributed by atoms with Crippen LogP contribution >= 0.6 is 0 Å². The molecule has 2 aromatic rings. The molecule has 0 atom stereocenters. The summed E-state index contributed by atoms with van der Waals surface area (Å²) in [5.74, 6) is 1.20. The third-order valence-corrected chi connectivity index (χ3v) is 2.62. The SMILES string of the molecule is Cc1nc(Nc2cc(C)n(C)n2)ccc1[N+](=O)[O-]. The van der Waals surface area contributed by atoms with E-state index in [0.29, 0.717) is 17.3 Å². The van der Waals surface area contributed by atoms with Gasteiger partial charge in [0.1, 0.15) is 11.5 Å². The van der Waals surface area contributed by atoms with Crippen LogP contribution in [0.25, 0.3) is 0 Å². The van der Waals surface area contributed by atoms with Crippen molar-refractivity contribution in [2.75, 3.05) is 5.32 Å². The van der Waals surface area contributed by atoms with Crippen molar-refractivity contribution >= 4 is 17.3 Å². The number of anilines is 2. The molecule has 0 unspecified atom stereocenters. The number of aryl methyl sites for hydroxylation is 3. The molecule has 7 nitrogen and oxygen atoms in total. The Morgan fingerprint density at radius 3 is 2.56 bits per heavy atom. The lowest BCUT2D eigenvalue weighted by atomic mass is 10.3. The summed E-state index contributed by atoms with van der Waals surface area (Å²) in [5, 5.41) is 17.9. The monoisotopic (exact) mass is 247 g/mol. The zero-order valence-electron chi connectivity index (χ0n) is 10.3. The molecule has 2 rings (SSSR count). The van der Waals surface area contributed by atoms with Gasteiger partial charge in [-0.05, 0) is 19.9 Å². The molecule has 7 heteroatoms. The highest BCUT2D eigenvalue weighted by Gasteiger charge is 2.12. The molecule has 1 N–H and O–H groups in total. The number of nitrogens with zero attached hydrogens (tertiary/aromatic N) is 4. The molecule has 0 saturated heterocycles. The van der Waals surface area contributed by atoms with Crippen LogP contribution in [0.2, 0.25) is 0 Å². The summed E-state index contributed by atoms with van der Waals surface area (Å²) in [6.07, 6.45) is 0. The summed E-state index contributed by atoms with van der Waals surface area (Å²) in [6, 6.07) is 4.87. The van der Waals surface area contributed by atoms with Crippen LogP contribution in [0.3, 0.4) is 0 Å². The van der Waals surface area contributed by atoms with Crippen LogP contribution in [0.1, 0.15) is 11.4 Å². The Kier molecular flexibility index (Phi) is 2.97. The Bertz CT molecular complexity index is 586. The maximum Gasteiger partial charge on any atom is 0.290 e. The highest BCUT2D eigenvalue weighted by Crippen LogP contribution is 2.20. The molecule has 0 fully saturated rings. The van der Waals surface area contributed by atoms with Crippen molar-refractivity contribution in [3.8, 4) is 0 Å². The van der Waals surface area contributed by atoms with E-state index < -0.39 is 4.92 Å². The van der Waals surface area contributed by atoms with Gasteiger partial charge >= 0.3 is 0 Å². The molecule has 0 amide bonds. The van der Waals surface area contributed by atoms with Crippen LogP contribution in [0.4, 0.5) is 17.3 Å². The van der Waals surface area contributed by atoms with Gasteiger partial charge in [-0.1, -0.05) is 0 Å². The number of hydrogen-bond donors (Lipinski definition) is 1. The first-order valence-corrected chi connectivity index (χ1v) is 5.37. The van der Waals surface area contributed by atoms with Crippen molar-refractivity contribution in [2.24, 2.45) is 7.05 Å². The summed E-state index contributed by atoms with van der Waals surface area (Å²) < 4.78 is 1.74. The first-order chi connectivity index (χ1) is 8.47. The van der Waals surface area contributed by atoms with Crippen LogP contribution in [-0.4, -0.2) is 19.7 Å². The summed E-state index contributed by atoms with van der Waals surface area (Å²) in [6.45, 7) is 3.54. The molecular formula is C11H13N5O2. The number of rotatable bonds is 3. The van der Waals surface area contributed by atoms with Crippen molar-refractivity contribution in [1.29, 1.82) is 0 Å². The Balaban J connectivity index is 2.25. The molecular weight excluding hydrogens is 234 g/mol. The van der Waals surface area contributed by atoms with Crippen LogP contribution in [0.15, 0.2) is 18.2 Å². The fraction of sp³-hybridized carbons (Fsp3) is 0.273. The Hall–Kier alpha value is -2.44. The fourth-order valence-corrected chi connectivity index (χ4v) is 1.57. The quantitative estimate of drug-likeness (QED) is 0.663. The molecule has 18 heavy (non-hydrogen) atoms. The Labute approximate surface area is 104 Å². The number of pyridine rings is 1. The van der Waals surface area contributed by atoms with Crippen LogP contribution < -0.4 is 5.32 Å². The van der Waals surface area contributed by atoms with Gasteiger partial charge in [0.25, 0.3) is 5.69 Å². The van der Waals surface area contributed by atoms with E-state index in [9.17, 15) is 10.1 Å². The van der Waals surface area contributed by atoms with Crippen molar-refractivity contribution < 1.29 is 4.92 Å². The van der Waals surface area contributed by atoms with E-state index in [2.05, 4.69) is 15.4 Å². The third-order valence-electron chi connectivity index (χ3n) is 2.62. The molecule has 2 aromatic heterocycles. The first kappa shape index (κ1) is 12.0. The lowest BCUT2D eigenvalue weighted by Gasteiger charge is -2.03. The largest absolute Gasteiger partial charge is 0.323 e. The molecule has 2 heterocycles. The highest BCUT2D eigenvalue weighted by molar-refractivity contribution is 5.54. The van der Waals surface area contributed by atoms with E-state index in [1.54, 1.807) is 17.7 Å². The predicted molar refractivity (Wildman–Crippen MR) is 66.9 cm³/mol. The van der Waals surface area contributed by atoms with Gasteiger partial charge in [-0.15, -0.1) is 0 Å². The minimum absolute atomic E-state index is 0.0118. The molecule has 0 radical (unpaired) electrons. The summed E-state index contributed by atoms with van der Waals surface area (Å²) >= 11 is 0. The standard InChI is InChI=1S/C11H13N5O2/c1-7-6-11(14-15(7)3)13-10-5-4-9(16(17)18)8(2)12-10/h4-6H,1-3H3,(H,12,13,14). The molecule has 94 valence electrons. The minimum Gasteiger partial charge on any atom is -0.323 e. The second-order valence-electron chi connectivity index (χ2n) is 3.98. The van der Waals surface area contributed by atoms with E-state index in [-0.39, 0.29) is 5.69 Å². The molecule has 0 aliphatic heterocycles. The zero-order valence-corrected chi connectivity index (χ0v) is 10.3. The average molecular weight is 247 g/mol. The molecule has 0 bridgehead atoms. The van der Waals surface area contributed by atoms with Crippen LogP contribution in [-0.2, 0) is 7.05 Å². The Morgan fingerprint density at radius 1 is 1.33 bits per heavy atom. The normalized spacial score (nSPS) is 10.4. The number of nitro groups is 1. The van der Waals surface area contributed by atoms with E-state index >= 15 is 0 Å². The van der Waals surface area contributed by atoms with E-state index in [1.165, 1.54) is 6.07 Å². The molecule has 0 spiro atoms. The van der Waals surface area contributed by atoms with Gasteiger partial charge in [-0.2, -0.15) is 5.10 Å². The lowest BCUT2D eigenvalue weighted by molar-refractivity contribution is -0.385. The lowest BCUT2D eigenvalue weighted by Crippen LogP contribution is -1.99. The number of nitrogens with one attached hydrogen (secondary N) is 1. The van der Waals surface area contributed by atoms with Crippen LogP contribution in [0.5, 0.6) is 0 Å². The maximum atomic E-state index is 10.7. The second kappa shape index (κ2) is 4.44. The molecule has 0 aromatic carbocycles. The van der Waals surface area contributed by atoms with E-state index in [4.69, 9.17) is 0 Å². The fourth-order valence-electron chi connectivity index (χ4n) is 1.57. The van der Waals surface area contributed by atoms with Gasteiger partial charge in [0.2, 0.25) is 0 Å². The molecule has 0 aliphatic rings. The van der Waals surface area contributed by atoms with E-state index in [0.717, 1.165) is 5.69 Å². The summed E-state index contributed by atoms with van der Waals surface area (Å²) in [5.41, 5.74) is 1.39. The van der Waals surface area contributed by atoms with Gasteiger partial charge < -0.3 is 5.32 Å². The van der Waals surface area contributed by atoms with Gasteiger partial charge in [-0.3, -0.25) is 14.8 Å². The van der Waals surface area contributed by atoms with Crippen molar-refractivity contribution in [1.82, 2.24) is 14.8 Å². The first-order valence-electron chi connectivity index (χ1n) is 5.37. The molecule has 0 aliphatic carbocycles. The van der Waals surface area contributed by atoms with Crippen LogP contribution in [0, 0.1) is 24.0 Å². The average Bonchev–Trinajstić information content (AvgIpc) is 2.57. The molecule has 0 saturated carbocycles. The highest BCUT2D eigenvalue weighted by atomic mass is 16.6. The van der Waals surface area contributed by atoms with Gasteiger partial charge in [0.15, 0.2) is 5.82 Å². The van der Waals surface area contributed by atoms with E-state index in [1.807, 2.05) is 20.0 Å². The summed E-state index contributed by atoms with van der Waals surface area (Å²) in [4.78, 5) is 14.3. The second-order valence-corrected chi connectivity index (χ2v) is 3.98. The number of hydrogen-bond acceptors (Lipinski definition) is 5. The van der Waals surface area contributed by atoms with Gasteiger partial charge in [-0.25, -0.2) is 4.98 Å². The Morgan fingerprint density at radius 2 is 2.06 bits per heavy atom. The predicted octanol–water partition coefficient (Wildman–Crippen LogP) is 2.08. The topological polar surface area (TPSA) is 85.9 Å². The smallest absolute Gasteiger partial charge is 0.290 e. The van der Waals surface area contributed by atoms with Crippen molar-refractivity contribution in [3.63, 3.8) is 0 Å².